The van der Waals surface area contributed by atoms with E-state index in [1.807, 2.05) is 0 Å². The molecule has 0 aromatic heterocycles. The highest BCUT2D eigenvalue weighted by molar-refractivity contribution is 4.94. The van der Waals surface area contributed by atoms with Crippen LogP contribution in [0.4, 0.5) is 0 Å². The van der Waals surface area contributed by atoms with Crippen molar-refractivity contribution >= 4 is 0 Å². The van der Waals surface area contributed by atoms with Crippen LogP contribution >= 0.6 is 0 Å². The zero-order chi connectivity index (χ0) is 14.7. The van der Waals surface area contributed by atoms with E-state index in [1.165, 1.54) is 0 Å². The molecule has 1 saturated heterocycles. The van der Waals surface area contributed by atoms with Gasteiger partial charge in [0, 0.05) is 52.5 Å². The van der Waals surface area contributed by atoms with E-state index in [0.29, 0.717) is 6.54 Å². The molecule has 1 heterocycles. The van der Waals surface area contributed by atoms with Crippen LogP contribution in [-0.4, -0.2) is 74.1 Å². The second-order valence-electron chi connectivity index (χ2n) is 6.51. The van der Waals surface area contributed by atoms with E-state index in [9.17, 15) is 0 Å². The molecule has 0 aromatic carbocycles. The van der Waals surface area contributed by atoms with Crippen LogP contribution in [0.15, 0.2) is 0 Å². The van der Waals surface area contributed by atoms with E-state index < -0.39 is 0 Å². The highest BCUT2D eigenvalue weighted by Crippen LogP contribution is 2.25. The standard InChI is InChI=1S/C14H31N3O2/c1-13(2,3)16-7-9-17(10-8-16)14(4,11-15)12(18-5)19-6/h12H,7-11,15H2,1-6H3. The van der Waals surface area contributed by atoms with Gasteiger partial charge >= 0.3 is 0 Å². The minimum absolute atomic E-state index is 0.229. The lowest BCUT2D eigenvalue weighted by Gasteiger charge is -2.50. The fourth-order valence-corrected chi connectivity index (χ4v) is 2.87. The Hall–Kier alpha value is -0.200. The zero-order valence-electron chi connectivity index (χ0n) is 13.4. The average Bonchev–Trinajstić information content (AvgIpc) is 2.39. The van der Waals surface area contributed by atoms with Gasteiger partial charge in [0.1, 0.15) is 0 Å². The number of rotatable bonds is 5. The van der Waals surface area contributed by atoms with Crippen LogP contribution in [0.2, 0.25) is 0 Å². The summed E-state index contributed by atoms with van der Waals surface area (Å²) in [4.78, 5) is 4.90. The molecule has 0 aromatic rings. The van der Waals surface area contributed by atoms with Gasteiger partial charge in [0.25, 0.3) is 0 Å². The lowest BCUT2D eigenvalue weighted by atomic mass is 9.96. The molecule has 5 nitrogen and oxygen atoms in total. The molecule has 2 N–H and O–H groups in total. The van der Waals surface area contributed by atoms with E-state index >= 15 is 0 Å². The molecule has 0 bridgehead atoms. The van der Waals surface area contributed by atoms with Crippen molar-refractivity contribution in [3.8, 4) is 0 Å². The molecule has 0 saturated carbocycles. The Balaban J connectivity index is 2.71. The molecule has 0 amide bonds. The highest BCUT2D eigenvalue weighted by atomic mass is 16.7. The smallest absolute Gasteiger partial charge is 0.176 e. The summed E-state index contributed by atoms with van der Waals surface area (Å²) < 4.78 is 10.9. The monoisotopic (exact) mass is 273 g/mol. The number of nitrogens with zero attached hydrogens (tertiary/aromatic N) is 2. The van der Waals surface area contributed by atoms with Crippen molar-refractivity contribution in [2.45, 2.75) is 45.1 Å². The Morgan fingerprint density at radius 2 is 1.37 bits per heavy atom. The Morgan fingerprint density at radius 3 is 1.68 bits per heavy atom. The molecule has 1 unspecified atom stereocenters. The van der Waals surface area contributed by atoms with Crippen molar-refractivity contribution in [3.05, 3.63) is 0 Å². The lowest BCUT2D eigenvalue weighted by molar-refractivity contribution is -0.187. The zero-order valence-corrected chi connectivity index (χ0v) is 13.4. The van der Waals surface area contributed by atoms with E-state index in [2.05, 4.69) is 37.5 Å². The first-order valence-electron chi connectivity index (χ1n) is 7.05. The summed E-state index contributed by atoms with van der Waals surface area (Å²) in [7, 11) is 3.35. The second kappa shape index (κ2) is 6.50. The van der Waals surface area contributed by atoms with Gasteiger partial charge in [-0.2, -0.15) is 0 Å². The summed E-state index contributed by atoms with van der Waals surface area (Å²) in [6.45, 7) is 13.5. The predicted octanol–water partition coefficient (Wildman–Crippen LogP) is 0.739. The van der Waals surface area contributed by atoms with Crippen molar-refractivity contribution in [3.63, 3.8) is 0 Å². The number of hydrogen-bond donors (Lipinski definition) is 1. The van der Waals surface area contributed by atoms with Gasteiger partial charge in [-0.15, -0.1) is 0 Å². The molecule has 1 fully saturated rings. The molecule has 1 rings (SSSR count). The van der Waals surface area contributed by atoms with Crippen molar-refractivity contribution < 1.29 is 9.47 Å². The maximum absolute atomic E-state index is 6.00. The second-order valence-corrected chi connectivity index (χ2v) is 6.51. The molecule has 114 valence electrons. The number of nitrogens with two attached hydrogens (primary N) is 1. The number of methoxy groups -OCH3 is 2. The van der Waals surface area contributed by atoms with E-state index in [1.54, 1.807) is 14.2 Å². The van der Waals surface area contributed by atoms with Crippen LogP contribution < -0.4 is 5.73 Å². The Kier molecular flexibility index (Phi) is 5.77. The molecule has 1 aliphatic heterocycles. The van der Waals surface area contributed by atoms with Gasteiger partial charge in [-0.05, 0) is 27.7 Å². The normalized spacial score (nSPS) is 22.7. The van der Waals surface area contributed by atoms with Crippen LogP contribution in [0.25, 0.3) is 0 Å². The number of ether oxygens (including phenoxy) is 2. The molecule has 0 radical (unpaired) electrons. The first-order chi connectivity index (χ1) is 8.79. The van der Waals surface area contributed by atoms with Crippen molar-refractivity contribution in [2.75, 3.05) is 46.9 Å². The molecule has 0 spiro atoms. The quantitative estimate of drug-likeness (QED) is 0.749. The minimum atomic E-state index is -0.293. The summed E-state index contributed by atoms with van der Waals surface area (Å²) in [5, 5.41) is 0. The van der Waals surface area contributed by atoms with E-state index in [4.69, 9.17) is 15.2 Å². The molecular weight excluding hydrogens is 242 g/mol. The fourth-order valence-electron chi connectivity index (χ4n) is 2.87. The molecule has 1 atom stereocenters. The van der Waals surface area contributed by atoms with Crippen LogP contribution in [-0.2, 0) is 9.47 Å². The molecular formula is C14H31N3O2. The molecule has 1 aliphatic rings. The summed E-state index contributed by atoms with van der Waals surface area (Å²) in [5.41, 5.74) is 5.95. The van der Waals surface area contributed by atoms with E-state index in [0.717, 1.165) is 26.2 Å². The largest absolute Gasteiger partial charge is 0.354 e. The molecule has 19 heavy (non-hydrogen) atoms. The third-order valence-corrected chi connectivity index (χ3v) is 4.30. The van der Waals surface area contributed by atoms with Crippen molar-refractivity contribution in [1.29, 1.82) is 0 Å². The maximum atomic E-state index is 6.00. The summed E-state index contributed by atoms with van der Waals surface area (Å²) in [6.07, 6.45) is -0.293. The Morgan fingerprint density at radius 1 is 0.947 bits per heavy atom. The van der Waals surface area contributed by atoms with Crippen molar-refractivity contribution in [1.82, 2.24) is 9.80 Å². The summed E-state index contributed by atoms with van der Waals surface area (Å²) >= 11 is 0. The highest BCUT2D eigenvalue weighted by Gasteiger charge is 2.41. The maximum Gasteiger partial charge on any atom is 0.176 e. The lowest BCUT2D eigenvalue weighted by Crippen LogP contribution is -2.66. The number of hydrogen-bond acceptors (Lipinski definition) is 5. The van der Waals surface area contributed by atoms with Gasteiger partial charge in [-0.1, -0.05) is 0 Å². The van der Waals surface area contributed by atoms with Gasteiger partial charge in [-0.3, -0.25) is 9.80 Å². The topological polar surface area (TPSA) is 51.0 Å². The van der Waals surface area contributed by atoms with Gasteiger partial charge in [-0.25, -0.2) is 0 Å². The van der Waals surface area contributed by atoms with Gasteiger partial charge < -0.3 is 15.2 Å². The Labute approximate surface area is 118 Å². The van der Waals surface area contributed by atoms with Crippen LogP contribution in [0.5, 0.6) is 0 Å². The van der Waals surface area contributed by atoms with Gasteiger partial charge in [0.2, 0.25) is 0 Å². The SMILES string of the molecule is COC(OC)C(C)(CN)N1CCN(C(C)(C)C)CC1. The molecule has 5 heteroatoms. The molecule has 0 aliphatic carbocycles. The first kappa shape index (κ1) is 16.9. The van der Waals surface area contributed by atoms with Gasteiger partial charge in [0.05, 0.1) is 5.54 Å². The Bertz CT molecular complexity index is 268. The predicted molar refractivity (Wildman–Crippen MR) is 78.2 cm³/mol. The van der Waals surface area contributed by atoms with Gasteiger partial charge in [0.15, 0.2) is 6.29 Å². The van der Waals surface area contributed by atoms with Crippen LogP contribution in [0.1, 0.15) is 27.7 Å². The first-order valence-corrected chi connectivity index (χ1v) is 7.05. The third kappa shape index (κ3) is 3.67. The summed E-state index contributed by atoms with van der Waals surface area (Å²) in [6, 6.07) is 0. The van der Waals surface area contributed by atoms with Crippen molar-refractivity contribution in [2.24, 2.45) is 5.73 Å². The van der Waals surface area contributed by atoms with Crippen LogP contribution in [0.3, 0.4) is 0 Å². The number of piperazine rings is 1. The van der Waals surface area contributed by atoms with E-state index in [-0.39, 0.29) is 17.4 Å². The van der Waals surface area contributed by atoms with Crippen LogP contribution in [0, 0.1) is 0 Å². The minimum Gasteiger partial charge on any atom is -0.354 e. The average molecular weight is 273 g/mol. The third-order valence-electron chi connectivity index (χ3n) is 4.30. The fraction of sp³-hybridized carbons (Fsp3) is 1.00. The summed E-state index contributed by atoms with van der Waals surface area (Å²) in [5.74, 6) is 0.